The monoisotopic (exact) mass is 427 g/mol. The van der Waals surface area contributed by atoms with Crippen LogP contribution in [0.4, 0.5) is 0 Å². The molecule has 1 aromatic heterocycles. The van der Waals surface area contributed by atoms with Crippen LogP contribution in [0.25, 0.3) is 10.9 Å². The van der Waals surface area contributed by atoms with E-state index in [4.69, 9.17) is 4.74 Å². The summed E-state index contributed by atoms with van der Waals surface area (Å²) in [6.45, 7) is 2.46. The molecule has 2 aromatic carbocycles. The fraction of sp³-hybridized carbons (Fsp3) is 0.391. The summed E-state index contributed by atoms with van der Waals surface area (Å²) < 4.78 is 31.5. The van der Waals surface area contributed by atoms with Gasteiger partial charge in [0, 0.05) is 37.9 Å². The molecule has 7 heteroatoms. The first-order valence-corrected chi connectivity index (χ1v) is 11.9. The summed E-state index contributed by atoms with van der Waals surface area (Å²) in [7, 11) is -0.355. The number of nitrogens with zero attached hydrogens (tertiary/aromatic N) is 2. The quantitative estimate of drug-likeness (QED) is 0.618. The molecule has 0 bridgehead atoms. The van der Waals surface area contributed by atoms with Crippen LogP contribution in [0.5, 0.6) is 5.75 Å². The Labute approximate surface area is 178 Å². The maximum absolute atomic E-state index is 12.2. The first kappa shape index (κ1) is 20.9. The van der Waals surface area contributed by atoms with Crippen molar-refractivity contribution in [2.24, 2.45) is 0 Å². The van der Waals surface area contributed by atoms with E-state index in [-0.39, 0.29) is 4.90 Å². The Bertz CT molecular complexity index is 1060. The van der Waals surface area contributed by atoms with Gasteiger partial charge in [0.25, 0.3) is 0 Å². The van der Waals surface area contributed by atoms with Gasteiger partial charge < -0.3 is 9.72 Å². The molecular formula is C23H29N3O3S. The van der Waals surface area contributed by atoms with Crippen LogP contribution >= 0.6 is 0 Å². The molecule has 0 spiro atoms. The highest BCUT2D eigenvalue weighted by Crippen LogP contribution is 2.32. The molecule has 160 valence electrons. The van der Waals surface area contributed by atoms with Crippen LogP contribution in [0.1, 0.15) is 31.0 Å². The third-order valence-electron chi connectivity index (χ3n) is 5.77. The topological polar surface area (TPSA) is 65.6 Å². The van der Waals surface area contributed by atoms with Gasteiger partial charge in [-0.2, -0.15) is 0 Å². The number of benzene rings is 2. The van der Waals surface area contributed by atoms with E-state index in [0.717, 1.165) is 19.5 Å². The highest BCUT2D eigenvalue weighted by molar-refractivity contribution is 7.89. The number of fused-ring (bicyclic) bond motifs is 1. The zero-order chi connectivity index (χ0) is 21.1. The number of aromatic amines is 1. The zero-order valence-corrected chi connectivity index (χ0v) is 18.4. The molecule has 2 heterocycles. The van der Waals surface area contributed by atoms with E-state index in [2.05, 4.69) is 40.2 Å². The summed E-state index contributed by atoms with van der Waals surface area (Å²) in [5.74, 6) is 0.687. The molecule has 4 rings (SSSR count). The van der Waals surface area contributed by atoms with Gasteiger partial charge in [0.1, 0.15) is 12.4 Å². The van der Waals surface area contributed by atoms with Crippen molar-refractivity contribution in [2.75, 3.05) is 33.8 Å². The van der Waals surface area contributed by atoms with E-state index in [0.29, 0.717) is 18.4 Å². The van der Waals surface area contributed by atoms with Gasteiger partial charge in [-0.25, -0.2) is 12.7 Å². The molecule has 1 atom stereocenters. The molecule has 0 aliphatic carbocycles. The second-order valence-electron chi connectivity index (χ2n) is 7.97. The van der Waals surface area contributed by atoms with Crippen molar-refractivity contribution in [3.05, 3.63) is 60.3 Å². The maximum atomic E-state index is 12.2. The summed E-state index contributed by atoms with van der Waals surface area (Å²) in [5.41, 5.74) is 2.45. The molecule has 1 fully saturated rings. The van der Waals surface area contributed by atoms with Gasteiger partial charge in [-0.1, -0.05) is 24.6 Å². The molecule has 0 amide bonds. The number of hydrogen-bond donors (Lipinski definition) is 1. The van der Waals surface area contributed by atoms with Crippen LogP contribution in [0, 0.1) is 0 Å². The molecule has 1 N–H and O–H groups in total. The lowest BCUT2D eigenvalue weighted by atomic mass is 9.99. The maximum Gasteiger partial charge on any atom is 0.242 e. The Morgan fingerprint density at radius 2 is 1.87 bits per heavy atom. The number of sulfonamides is 1. The minimum Gasteiger partial charge on any atom is -0.492 e. The van der Waals surface area contributed by atoms with Gasteiger partial charge in [0.15, 0.2) is 0 Å². The molecule has 1 saturated heterocycles. The highest BCUT2D eigenvalue weighted by Gasteiger charge is 2.25. The number of piperidine rings is 1. The van der Waals surface area contributed by atoms with E-state index in [9.17, 15) is 8.42 Å². The molecule has 1 aliphatic heterocycles. The molecule has 0 saturated carbocycles. The van der Waals surface area contributed by atoms with Crippen molar-refractivity contribution in [1.82, 2.24) is 14.2 Å². The molecule has 30 heavy (non-hydrogen) atoms. The largest absolute Gasteiger partial charge is 0.492 e. The van der Waals surface area contributed by atoms with Crippen molar-refractivity contribution < 1.29 is 13.2 Å². The SMILES string of the molecule is CN(C)S(=O)(=O)c1ccc(OCCN2CCCCC2c2cc3ccccc3[nH]2)cc1. The lowest BCUT2D eigenvalue weighted by molar-refractivity contribution is 0.121. The van der Waals surface area contributed by atoms with Crippen molar-refractivity contribution >= 4 is 20.9 Å². The van der Waals surface area contributed by atoms with E-state index in [1.807, 2.05) is 0 Å². The summed E-state index contributed by atoms with van der Waals surface area (Å²) in [4.78, 5) is 6.35. The predicted octanol–water partition coefficient (Wildman–Crippen LogP) is 4.02. The van der Waals surface area contributed by atoms with E-state index < -0.39 is 10.0 Å². The average molecular weight is 428 g/mol. The minimum absolute atomic E-state index is 0.273. The minimum atomic E-state index is -3.41. The van der Waals surface area contributed by atoms with Crippen molar-refractivity contribution in [3.8, 4) is 5.75 Å². The smallest absolute Gasteiger partial charge is 0.242 e. The van der Waals surface area contributed by atoms with Crippen molar-refractivity contribution in [3.63, 3.8) is 0 Å². The summed E-state index contributed by atoms with van der Waals surface area (Å²) in [6.07, 6.45) is 3.58. The third kappa shape index (κ3) is 4.38. The predicted molar refractivity (Wildman–Crippen MR) is 119 cm³/mol. The second kappa shape index (κ2) is 8.79. The van der Waals surface area contributed by atoms with Crippen LogP contribution in [0.3, 0.4) is 0 Å². The molecule has 0 radical (unpaired) electrons. The summed E-state index contributed by atoms with van der Waals surface area (Å²) >= 11 is 0. The number of nitrogens with one attached hydrogen (secondary N) is 1. The molecular weight excluding hydrogens is 398 g/mol. The molecule has 3 aromatic rings. The highest BCUT2D eigenvalue weighted by atomic mass is 32.2. The lowest BCUT2D eigenvalue weighted by Crippen LogP contribution is -2.36. The van der Waals surface area contributed by atoms with Crippen LogP contribution in [0.2, 0.25) is 0 Å². The first-order valence-electron chi connectivity index (χ1n) is 10.4. The Morgan fingerprint density at radius 1 is 1.10 bits per heavy atom. The fourth-order valence-electron chi connectivity index (χ4n) is 4.09. The number of H-pyrrole nitrogens is 1. The van der Waals surface area contributed by atoms with Crippen molar-refractivity contribution in [2.45, 2.75) is 30.2 Å². The normalized spacial score (nSPS) is 18.2. The summed E-state index contributed by atoms with van der Waals surface area (Å²) in [5, 5.41) is 1.25. The number of hydrogen-bond acceptors (Lipinski definition) is 4. The first-order chi connectivity index (χ1) is 14.4. The van der Waals surface area contributed by atoms with Gasteiger partial charge in [0.2, 0.25) is 10.0 Å². The standard InChI is InChI=1S/C23H29N3O3S/c1-25(2)30(27,28)20-12-10-19(11-13-20)29-16-15-26-14-6-5-9-23(26)22-17-18-7-3-4-8-21(18)24-22/h3-4,7-8,10-13,17,23-24H,5-6,9,14-16H2,1-2H3. The van der Waals surface area contributed by atoms with Gasteiger partial charge in [0.05, 0.1) is 4.90 Å². The number of para-hydroxylation sites is 1. The van der Waals surface area contributed by atoms with Crippen molar-refractivity contribution in [1.29, 1.82) is 0 Å². The Balaban J connectivity index is 1.38. The van der Waals surface area contributed by atoms with E-state index >= 15 is 0 Å². The van der Waals surface area contributed by atoms with Crippen LogP contribution in [0.15, 0.2) is 59.5 Å². The zero-order valence-electron chi connectivity index (χ0n) is 17.5. The molecule has 6 nitrogen and oxygen atoms in total. The van der Waals surface area contributed by atoms with E-state index in [1.54, 1.807) is 24.3 Å². The number of likely N-dealkylation sites (tertiary alicyclic amines) is 1. The molecule has 1 aliphatic rings. The Hall–Kier alpha value is -2.35. The average Bonchev–Trinajstić information content (AvgIpc) is 3.18. The third-order valence-corrected chi connectivity index (χ3v) is 7.60. The van der Waals surface area contributed by atoms with Gasteiger partial charge in [-0.3, -0.25) is 4.90 Å². The second-order valence-corrected chi connectivity index (χ2v) is 10.1. The number of rotatable bonds is 7. The van der Waals surface area contributed by atoms with Gasteiger partial charge >= 0.3 is 0 Å². The number of aromatic nitrogens is 1. The number of ether oxygens (including phenoxy) is 1. The van der Waals surface area contributed by atoms with E-state index in [1.165, 1.54) is 47.8 Å². The van der Waals surface area contributed by atoms with Gasteiger partial charge in [-0.05, 0) is 61.2 Å². The fourth-order valence-corrected chi connectivity index (χ4v) is 4.99. The van der Waals surface area contributed by atoms with Crippen LogP contribution in [-0.4, -0.2) is 56.4 Å². The Kier molecular flexibility index (Phi) is 6.13. The van der Waals surface area contributed by atoms with Crippen LogP contribution < -0.4 is 4.74 Å². The Morgan fingerprint density at radius 3 is 2.60 bits per heavy atom. The van der Waals surface area contributed by atoms with Crippen LogP contribution in [-0.2, 0) is 10.0 Å². The molecule has 1 unspecified atom stereocenters. The van der Waals surface area contributed by atoms with Gasteiger partial charge in [-0.15, -0.1) is 0 Å². The summed E-state index contributed by atoms with van der Waals surface area (Å²) in [6, 6.07) is 17.7. The lowest BCUT2D eigenvalue weighted by Gasteiger charge is -2.35.